The van der Waals surface area contributed by atoms with Gasteiger partial charge < -0.3 is 0 Å². The Balaban J connectivity index is 0. The van der Waals surface area contributed by atoms with Gasteiger partial charge >= 0.3 is 0 Å². The fourth-order valence-electron chi connectivity index (χ4n) is 5.82. The van der Waals surface area contributed by atoms with Crippen molar-refractivity contribution in [3.05, 3.63) is 0 Å². The summed E-state index contributed by atoms with van der Waals surface area (Å²) in [4.78, 5) is 0. The molecule has 0 saturated heterocycles. The van der Waals surface area contributed by atoms with Crippen molar-refractivity contribution in [1.82, 2.24) is 0 Å². The zero-order valence-corrected chi connectivity index (χ0v) is 27.8. The third kappa shape index (κ3) is 36.5. The molecular formula is C36H76Al. The molecule has 0 N–H and O–H groups in total. The third-order valence-electron chi connectivity index (χ3n) is 8.52. The molecule has 0 heterocycles. The summed E-state index contributed by atoms with van der Waals surface area (Å²) in [5, 5.41) is 3.16. The monoisotopic (exact) mass is 536 g/mol. The second-order valence-corrected chi connectivity index (χ2v) is 14.2. The first-order valence-electron chi connectivity index (χ1n) is 18.2. The predicted molar refractivity (Wildman–Crippen MR) is 177 cm³/mol. The van der Waals surface area contributed by atoms with Crippen LogP contribution in [-0.2, 0) is 0 Å². The van der Waals surface area contributed by atoms with Gasteiger partial charge in [-0.2, -0.15) is 0 Å². The molecule has 0 aliphatic heterocycles. The topological polar surface area (TPSA) is 0 Å². The molecule has 0 rings (SSSR count). The molecule has 0 nitrogen and oxygen atoms in total. The van der Waals surface area contributed by atoms with Crippen LogP contribution in [0.25, 0.3) is 0 Å². The van der Waals surface area contributed by atoms with E-state index in [1.165, 1.54) is 205 Å². The maximum atomic E-state index is 2.31. The molecule has 0 saturated carbocycles. The molecule has 0 aromatic heterocycles. The molecule has 0 spiro atoms. The fourth-order valence-corrected chi connectivity index (χ4v) is 7.26. The van der Waals surface area contributed by atoms with Gasteiger partial charge in [0.25, 0.3) is 0 Å². The average Bonchev–Trinajstić information content (AvgIpc) is 2.91. The Morgan fingerprint density at radius 3 is 0.595 bits per heavy atom. The third-order valence-corrected chi connectivity index (χ3v) is 10.2. The van der Waals surface area contributed by atoms with E-state index in [4.69, 9.17) is 0 Å². The predicted octanol–water partition coefficient (Wildman–Crippen LogP) is 14.3. The normalized spacial score (nSPS) is 11.4. The van der Waals surface area contributed by atoms with Crippen molar-refractivity contribution in [1.29, 1.82) is 0 Å². The van der Waals surface area contributed by atoms with E-state index in [0.29, 0.717) is 0 Å². The Bertz CT molecular complexity index is 338. The van der Waals surface area contributed by atoms with E-state index in [0.717, 1.165) is 15.2 Å². The summed E-state index contributed by atoms with van der Waals surface area (Å²) in [7, 11) is 0. The van der Waals surface area contributed by atoms with Gasteiger partial charge in [-0.1, -0.05) is 219 Å². The molecule has 0 aliphatic carbocycles. The lowest BCUT2D eigenvalue weighted by Gasteiger charge is -2.04. The maximum absolute atomic E-state index is 2.31. The number of hydrogen-bond donors (Lipinski definition) is 0. The summed E-state index contributed by atoms with van der Waals surface area (Å²) < 4.78 is 0. The standard InChI is InChI=1S/2C18H37.Al.H2/c2*1-3-5-7-9-11-13-15-17-18-16-14-12-10-8-6-4-2;;/h2*1,3-18H2,2H3;;1H. The summed E-state index contributed by atoms with van der Waals surface area (Å²) in [6, 6.07) is 0. The number of rotatable bonds is 34. The van der Waals surface area contributed by atoms with E-state index in [9.17, 15) is 0 Å². The van der Waals surface area contributed by atoms with Crippen molar-refractivity contribution in [2.75, 3.05) is 0 Å². The molecule has 0 aliphatic rings. The van der Waals surface area contributed by atoms with Crippen LogP contribution in [0.4, 0.5) is 0 Å². The van der Waals surface area contributed by atoms with Crippen LogP contribution in [0.5, 0.6) is 0 Å². The van der Waals surface area contributed by atoms with Crippen molar-refractivity contribution in [2.24, 2.45) is 0 Å². The summed E-state index contributed by atoms with van der Waals surface area (Å²) in [6.45, 7) is 4.62. The molecule has 0 aromatic carbocycles. The van der Waals surface area contributed by atoms with Crippen LogP contribution in [0, 0.1) is 0 Å². The smallest absolute Gasteiger partial charge is 0.104 e. The van der Waals surface area contributed by atoms with E-state index in [-0.39, 0.29) is 1.43 Å². The summed E-state index contributed by atoms with van der Waals surface area (Å²) in [5.74, 6) is 0. The highest BCUT2D eigenvalue weighted by Gasteiger charge is 1.98. The second-order valence-electron chi connectivity index (χ2n) is 12.5. The van der Waals surface area contributed by atoms with Gasteiger partial charge in [-0.3, -0.25) is 0 Å². The lowest BCUT2D eigenvalue weighted by molar-refractivity contribution is 0.531. The Morgan fingerprint density at radius 2 is 0.405 bits per heavy atom. The van der Waals surface area contributed by atoms with Crippen molar-refractivity contribution in [3.63, 3.8) is 0 Å². The van der Waals surface area contributed by atoms with Crippen LogP contribution in [0.2, 0.25) is 10.6 Å². The first kappa shape index (κ1) is 37.5. The van der Waals surface area contributed by atoms with Gasteiger partial charge in [0.05, 0.1) is 0 Å². The Morgan fingerprint density at radius 1 is 0.243 bits per heavy atom. The van der Waals surface area contributed by atoms with E-state index >= 15 is 0 Å². The molecule has 0 amide bonds. The highest BCUT2D eigenvalue weighted by molar-refractivity contribution is 6.35. The van der Waals surface area contributed by atoms with E-state index < -0.39 is 0 Å². The molecule has 0 aromatic rings. The van der Waals surface area contributed by atoms with Gasteiger partial charge in [0.15, 0.2) is 15.2 Å². The average molecular weight is 536 g/mol. The second kappa shape index (κ2) is 36.5. The van der Waals surface area contributed by atoms with Gasteiger partial charge in [-0.25, -0.2) is 0 Å². The van der Waals surface area contributed by atoms with Crippen molar-refractivity contribution < 1.29 is 1.43 Å². The lowest BCUT2D eigenvalue weighted by atomic mass is 10.0. The summed E-state index contributed by atoms with van der Waals surface area (Å²) >= 11 is 0.768. The Labute approximate surface area is 245 Å². The van der Waals surface area contributed by atoms with E-state index in [1.807, 2.05) is 0 Å². The number of hydrogen-bond acceptors (Lipinski definition) is 0. The van der Waals surface area contributed by atoms with Crippen molar-refractivity contribution in [2.45, 2.75) is 230 Å². The SMILES string of the molecule is CCCCCCCCCCCCCCCCC[CH2][Al][CH2]CCCCCCCCCCCCCCCCC.[HH]. The Hall–Kier alpha value is 0.532. The van der Waals surface area contributed by atoms with Crippen LogP contribution < -0.4 is 0 Å². The number of unbranched alkanes of at least 4 members (excludes halogenated alkanes) is 30. The molecule has 0 atom stereocenters. The van der Waals surface area contributed by atoms with Gasteiger partial charge in [0.2, 0.25) is 0 Å². The first-order valence-corrected chi connectivity index (χ1v) is 19.9. The largest absolute Gasteiger partial charge is 0.199 e. The maximum Gasteiger partial charge on any atom is 0.199 e. The lowest BCUT2D eigenvalue weighted by Crippen LogP contribution is -1.90. The molecule has 1 heteroatoms. The minimum Gasteiger partial charge on any atom is -0.104 e. The van der Waals surface area contributed by atoms with E-state index in [2.05, 4.69) is 13.8 Å². The fraction of sp³-hybridized carbons (Fsp3) is 1.00. The van der Waals surface area contributed by atoms with Gasteiger partial charge in [0.1, 0.15) is 0 Å². The molecule has 0 fully saturated rings. The van der Waals surface area contributed by atoms with Crippen LogP contribution in [-0.4, -0.2) is 15.2 Å². The summed E-state index contributed by atoms with van der Waals surface area (Å²) in [5.41, 5.74) is 0. The summed E-state index contributed by atoms with van der Waals surface area (Å²) in [6.07, 6.45) is 47.6. The van der Waals surface area contributed by atoms with Gasteiger partial charge in [0, 0.05) is 1.43 Å². The van der Waals surface area contributed by atoms with Crippen LogP contribution in [0.15, 0.2) is 0 Å². The molecule has 0 bridgehead atoms. The van der Waals surface area contributed by atoms with Crippen LogP contribution in [0.3, 0.4) is 0 Å². The Kier molecular flexibility index (Phi) is 37.1. The highest BCUT2D eigenvalue weighted by Crippen LogP contribution is 2.16. The van der Waals surface area contributed by atoms with Gasteiger partial charge in [-0.15, -0.1) is 10.6 Å². The molecule has 1 radical (unpaired) electrons. The van der Waals surface area contributed by atoms with Gasteiger partial charge in [-0.05, 0) is 0 Å². The van der Waals surface area contributed by atoms with Crippen LogP contribution >= 0.6 is 0 Å². The first-order chi connectivity index (χ1) is 18.4. The van der Waals surface area contributed by atoms with Crippen molar-refractivity contribution >= 4 is 15.2 Å². The van der Waals surface area contributed by atoms with E-state index in [1.54, 1.807) is 10.6 Å². The highest BCUT2D eigenvalue weighted by atomic mass is 27.1. The van der Waals surface area contributed by atoms with Crippen molar-refractivity contribution in [3.8, 4) is 0 Å². The quantitative estimate of drug-likeness (QED) is 0.0567. The molecular weight excluding hydrogens is 459 g/mol. The minimum absolute atomic E-state index is 0. The molecule has 223 valence electrons. The molecule has 0 unspecified atom stereocenters. The van der Waals surface area contributed by atoms with Crippen LogP contribution in [0.1, 0.15) is 221 Å². The zero-order valence-electron chi connectivity index (χ0n) is 26.6. The zero-order chi connectivity index (χ0) is 26.7. The molecule has 37 heavy (non-hydrogen) atoms. The minimum atomic E-state index is 0.